The van der Waals surface area contributed by atoms with Gasteiger partial charge in [-0.05, 0) is 19.3 Å². The lowest BCUT2D eigenvalue weighted by atomic mass is 10.1. The van der Waals surface area contributed by atoms with Crippen molar-refractivity contribution in [1.82, 2.24) is 4.57 Å². The molecule has 156 valence electrons. The molecule has 0 unspecified atom stereocenters. The molecule has 0 bridgehead atoms. The van der Waals surface area contributed by atoms with E-state index in [4.69, 9.17) is 4.74 Å². The molecular weight excluding hydrogens is 363 g/mol. The Bertz CT molecular complexity index is 516. The molecule has 0 N–H and O–H groups in total. The molecule has 0 atom stereocenters. The minimum absolute atomic E-state index is 0.311. The van der Waals surface area contributed by atoms with Gasteiger partial charge in [-0.25, -0.2) is 13.9 Å². The molecule has 0 amide bonds. The highest BCUT2D eigenvalue weighted by Crippen LogP contribution is 2.10. The number of halogens is 4. The minimum Gasteiger partial charge on any atom is -0.463 e. The molecule has 0 fully saturated rings. The predicted molar refractivity (Wildman–Crippen MR) is 98.5 cm³/mol. The molecule has 4 nitrogen and oxygen atoms in total. The zero-order chi connectivity index (χ0) is 20.5. The number of unbranched alkanes of at least 4 members (excludes halogenated alkanes) is 8. The summed E-state index contributed by atoms with van der Waals surface area (Å²) in [5, 5.41) is 0. The monoisotopic (exact) mass is 394 g/mol. The molecule has 0 radical (unpaired) electrons. The summed E-state index contributed by atoms with van der Waals surface area (Å²) in [6.07, 6.45) is 18.8. The van der Waals surface area contributed by atoms with Gasteiger partial charge in [0.05, 0.1) is 20.2 Å². The van der Waals surface area contributed by atoms with Crippen LogP contribution in [0, 0.1) is 0 Å². The number of hydrogen-bond donors (Lipinski definition) is 0. The van der Waals surface area contributed by atoms with Gasteiger partial charge in [0.1, 0.15) is 12.4 Å². The Balaban J connectivity index is 0.00000119. The van der Waals surface area contributed by atoms with Crippen molar-refractivity contribution in [2.75, 3.05) is 6.61 Å². The summed E-state index contributed by atoms with van der Waals surface area (Å²) in [5.41, 5.74) is 0. The maximum atomic E-state index is 10.8. The minimum atomic E-state index is -6.00. The fraction of sp³-hybridized carbons (Fsp3) is 0.667. The summed E-state index contributed by atoms with van der Waals surface area (Å²) in [4.78, 5) is 10.8. The molecule has 27 heavy (non-hydrogen) atoms. The van der Waals surface area contributed by atoms with Gasteiger partial charge in [0.2, 0.25) is 6.33 Å². The predicted octanol–water partition coefficient (Wildman–Crippen LogP) is 4.85. The Kier molecular flexibility index (Phi) is 14.3. The van der Waals surface area contributed by atoms with Crippen molar-refractivity contribution in [3.63, 3.8) is 0 Å². The number of carbonyl (C=O) groups excluding carboxylic acids is 1. The van der Waals surface area contributed by atoms with Crippen molar-refractivity contribution < 1.29 is 31.4 Å². The number of imidazole rings is 1. The molecule has 0 aliphatic rings. The van der Waals surface area contributed by atoms with E-state index < -0.39 is 7.25 Å². The number of nitrogens with zero attached hydrogens (tertiary/aromatic N) is 2. The van der Waals surface area contributed by atoms with Crippen LogP contribution in [0.15, 0.2) is 31.4 Å². The molecule has 0 saturated heterocycles. The number of esters is 1. The van der Waals surface area contributed by atoms with Crippen LogP contribution in [0.4, 0.5) is 17.3 Å². The maximum Gasteiger partial charge on any atom is 0.673 e. The summed E-state index contributed by atoms with van der Waals surface area (Å²) < 4.78 is 48.3. The first-order valence-corrected chi connectivity index (χ1v) is 9.40. The fourth-order valence-electron chi connectivity index (χ4n) is 2.50. The third-order valence-electron chi connectivity index (χ3n) is 3.80. The van der Waals surface area contributed by atoms with Gasteiger partial charge in [-0.15, -0.1) is 0 Å². The second-order valence-electron chi connectivity index (χ2n) is 6.37. The molecule has 0 saturated carbocycles. The Morgan fingerprint density at radius 3 is 1.96 bits per heavy atom. The molecule has 1 aromatic heterocycles. The Morgan fingerprint density at radius 2 is 1.52 bits per heavy atom. The molecule has 0 spiro atoms. The average Bonchev–Trinajstić information content (AvgIpc) is 2.99. The van der Waals surface area contributed by atoms with Gasteiger partial charge in [0.25, 0.3) is 0 Å². The number of aromatic nitrogens is 2. The van der Waals surface area contributed by atoms with Gasteiger partial charge in [0, 0.05) is 6.08 Å². The standard InChI is InChI=1S/C18H31N2O2.BF4/c1-3-18(21)22-16-12-10-8-6-4-5-7-9-11-13-20-15-14-19(2)17-20;2-1(3,4)5/h3,14-15,17H,1,4-13,16H2,2H3;/q+1;-1. The summed E-state index contributed by atoms with van der Waals surface area (Å²) in [6.45, 7) is 5.03. The van der Waals surface area contributed by atoms with E-state index in [-0.39, 0.29) is 5.97 Å². The van der Waals surface area contributed by atoms with Crippen LogP contribution in [-0.2, 0) is 23.1 Å². The van der Waals surface area contributed by atoms with Crippen molar-refractivity contribution in [3.05, 3.63) is 31.4 Å². The molecular formula is C18H31BF4N2O2. The van der Waals surface area contributed by atoms with Crippen LogP contribution in [0.25, 0.3) is 0 Å². The van der Waals surface area contributed by atoms with E-state index in [9.17, 15) is 22.1 Å². The topological polar surface area (TPSA) is 35.1 Å². The molecule has 1 heterocycles. The first-order valence-electron chi connectivity index (χ1n) is 9.40. The zero-order valence-electron chi connectivity index (χ0n) is 16.1. The van der Waals surface area contributed by atoms with Crippen LogP contribution in [0.1, 0.15) is 57.8 Å². The molecule has 0 aromatic carbocycles. The van der Waals surface area contributed by atoms with Crippen molar-refractivity contribution >= 4 is 13.2 Å². The SMILES string of the molecule is C=CC(=O)OCCCCCCCCCCCn1cc[n+](C)c1.F[B-](F)(F)F. The quantitative estimate of drug-likeness (QED) is 0.120. The van der Waals surface area contributed by atoms with Crippen molar-refractivity contribution in [3.8, 4) is 0 Å². The second-order valence-corrected chi connectivity index (χ2v) is 6.37. The highest BCUT2D eigenvalue weighted by molar-refractivity contribution is 6.50. The Morgan fingerprint density at radius 1 is 1.04 bits per heavy atom. The highest BCUT2D eigenvalue weighted by atomic mass is 19.5. The van der Waals surface area contributed by atoms with Crippen LogP contribution >= 0.6 is 0 Å². The van der Waals surface area contributed by atoms with Crippen LogP contribution in [0.3, 0.4) is 0 Å². The summed E-state index contributed by atoms with van der Waals surface area (Å²) >= 11 is 0. The lowest BCUT2D eigenvalue weighted by Crippen LogP contribution is -2.23. The zero-order valence-corrected chi connectivity index (χ0v) is 16.1. The summed E-state index contributed by atoms with van der Waals surface area (Å²) in [7, 11) is -3.94. The van der Waals surface area contributed by atoms with E-state index in [1.54, 1.807) is 0 Å². The van der Waals surface area contributed by atoms with E-state index in [1.807, 2.05) is 0 Å². The Labute approximate surface area is 159 Å². The molecule has 1 aromatic rings. The van der Waals surface area contributed by atoms with Crippen molar-refractivity contribution in [1.29, 1.82) is 0 Å². The first kappa shape index (κ1) is 25.2. The van der Waals surface area contributed by atoms with E-state index in [2.05, 4.69) is 41.5 Å². The second kappa shape index (κ2) is 15.3. The van der Waals surface area contributed by atoms with Gasteiger partial charge >= 0.3 is 13.2 Å². The number of ether oxygens (including phenoxy) is 1. The summed E-state index contributed by atoms with van der Waals surface area (Å²) in [6, 6.07) is 0. The van der Waals surface area contributed by atoms with Crippen LogP contribution in [0.5, 0.6) is 0 Å². The van der Waals surface area contributed by atoms with Gasteiger partial charge in [-0.3, -0.25) is 0 Å². The molecule has 0 aliphatic heterocycles. The average molecular weight is 394 g/mol. The van der Waals surface area contributed by atoms with Gasteiger partial charge in [0.15, 0.2) is 0 Å². The first-order chi connectivity index (χ1) is 12.7. The molecule has 1 rings (SSSR count). The number of aryl methyl sites for hydroxylation is 2. The van der Waals surface area contributed by atoms with Crippen molar-refractivity contribution in [2.24, 2.45) is 7.05 Å². The normalized spacial score (nSPS) is 10.9. The van der Waals surface area contributed by atoms with Gasteiger partial charge in [-0.2, -0.15) is 0 Å². The maximum absolute atomic E-state index is 10.8. The third kappa shape index (κ3) is 20.4. The van der Waals surface area contributed by atoms with E-state index in [0.717, 1.165) is 19.4 Å². The number of rotatable bonds is 13. The third-order valence-corrected chi connectivity index (χ3v) is 3.80. The van der Waals surface area contributed by atoms with Crippen LogP contribution in [-0.4, -0.2) is 24.4 Å². The van der Waals surface area contributed by atoms with Gasteiger partial charge in [-0.1, -0.05) is 45.1 Å². The van der Waals surface area contributed by atoms with Crippen LogP contribution < -0.4 is 4.57 Å². The van der Waals surface area contributed by atoms with Crippen LogP contribution in [0.2, 0.25) is 0 Å². The van der Waals surface area contributed by atoms with E-state index >= 15 is 0 Å². The molecule has 9 heteroatoms. The smallest absolute Gasteiger partial charge is 0.463 e. The lowest BCUT2D eigenvalue weighted by molar-refractivity contribution is -0.671. The lowest BCUT2D eigenvalue weighted by Gasteiger charge is -2.03. The number of carbonyl (C=O) groups is 1. The molecule has 0 aliphatic carbocycles. The van der Waals surface area contributed by atoms with E-state index in [0.29, 0.717) is 6.61 Å². The highest BCUT2D eigenvalue weighted by Gasteiger charge is 2.20. The van der Waals surface area contributed by atoms with Gasteiger partial charge < -0.3 is 22.0 Å². The summed E-state index contributed by atoms with van der Waals surface area (Å²) in [5.74, 6) is -0.311. The van der Waals surface area contributed by atoms with E-state index in [1.165, 1.54) is 51.0 Å². The van der Waals surface area contributed by atoms with Crippen molar-refractivity contribution in [2.45, 2.75) is 64.3 Å². The largest absolute Gasteiger partial charge is 0.673 e. The number of hydrogen-bond acceptors (Lipinski definition) is 2. The Hall–Kier alpha value is -1.80. The fourth-order valence-corrected chi connectivity index (χ4v) is 2.50.